The number of fused-ring (bicyclic) bond motifs is 2. The van der Waals surface area contributed by atoms with Crippen molar-refractivity contribution in [1.29, 1.82) is 0 Å². The molecule has 7 nitrogen and oxygen atoms in total. The number of esters is 1. The van der Waals surface area contributed by atoms with E-state index in [4.69, 9.17) is 14.2 Å². The molecule has 1 aromatic carbocycles. The highest BCUT2D eigenvalue weighted by molar-refractivity contribution is 8.14. The van der Waals surface area contributed by atoms with E-state index in [1.807, 2.05) is 6.07 Å². The summed E-state index contributed by atoms with van der Waals surface area (Å²) in [6.45, 7) is 1.92. The fourth-order valence-electron chi connectivity index (χ4n) is 3.17. The van der Waals surface area contributed by atoms with Crippen molar-refractivity contribution in [3.05, 3.63) is 35.0 Å². The number of aliphatic imine (C=N–C) groups is 1. The van der Waals surface area contributed by atoms with Crippen LogP contribution in [0, 0.1) is 0 Å². The molecule has 8 heteroatoms. The smallest absolute Gasteiger partial charge is 0.338 e. The minimum Gasteiger partial charge on any atom is -0.466 e. The molecule has 0 radical (unpaired) electrons. The highest BCUT2D eigenvalue weighted by Gasteiger charge is 2.41. The number of amides is 1. The summed E-state index contributed by atoms with van der Waals surface area (Å²) < 4.78 is 15.8. The molecule has 3 aliphatic rings. The van der Waals surface area contributed by atoms with Gasteiger partial charge in [-0.05, 0) is 24.6 Å². The Balaban J connectivity index is 1.87. The van der Waals surface area contributed by atoms with E-state index in [1.165, 1.54) is 18.9 Å². The first-order chi connectivity index (χ1) is 12.1. The molecule has 1 atom stereocenters. The predicted octanol–water partition coefficient (Wildman–Crippen LogP) is 2.24. The summed E-state index contributed by atoms with van der Waals surface area (Å²) in [5.41, 5.74) is 1.68. The lowest BCUT2D eigenvalue weighted by Crippen LogP contribution is -2.45. The molecular formula is C17H16N2O5S. The second-order valence-corrected chi connectivity index (χ2v) is 6.82. The van der Waals surface area contributed by atoms with Crippen LogP contribution in [0.3, 0.4) is 0 Å². The molecule has 0 N–H and O–H groups in total. The number of carbonyl (C=O) groups excluding carboxylic acids is 2. The van der Waals surface area contributed by atoms with Crippen molar-refractivity contribution in [2.45, 2.75) is 19.4 Å². The van der Waals surface area contributed by atoms with Crippen molar-refractivity contribution >= 4 is 28.8 Å². The summed E-state index contributed by atoms with van der Waals surface area (Å²) >= 11 is 1.51. The molecule has 1 amide bonds. The number of amidine groups is 1. The topological polar surface area (TPSA) is 77.4 Å². The van der Waals surface area contributed by atoms with Crippen LogP contribution >= 0.6 is 11.8 Å². The zero-order chi connectivity index (χ0) is 17.6. The lowest BCUT2D eigenvalue weighted by Gasteiger charge is -2.38. The Morgan fingerprint density at radius 3 is 2.96 bits per heavy atom. The van der Waals surface area contributed by atoms with Gasteiger partial charge in [0.2, 0.25) is 12.7 Å². The average Bonchev–Trinajstić information content (AvgIpc) is 3.07. The molecule has 4 rings (SSSR count). The minimum absolute atomic E-state index is 0.0610. The molecular weight excluding hydrogens is 344 g/mol. The van der Waals surface area contributed by atoms with Gasteiger partial charge in [0.15, 0.2) is 16.7 Å². The van der Waals surface area contributed by atoms with E-state index in [1.54, 1.807) is 24.0 Å². The van der Waals surface area contributed by atoms with Gasteiger partial charge in [0.05, 0.1) is 24.4 Å². The van der Waals surface area contributed by atoms with Gasteiger partial charge >= 0.3 is 5.97 Å². The van der Waals surface area contributed by atoms with Crippen LogP contribution < -0.4 is 9.47 Å². The van der Waals surface area contributed by atoms with Crippen molar-refractivity contribution in [3.8, 4) is 11.5 Å². The molecule has 0 aromatic heterocycles. The molecule has 130 valence electrons. The molecule has 1 fully saturated rings. The molecule has 0 bridgehead atoms. The maximum atomic E-state index is 12.6. The summed E-state index contributed by atoms with van der Waals surface area (Å²) in [4.78, 5) is 31.1. The van der Waals surface area contributed by atoms with Crippen LogP contribution in [-0.4, -0.2) is 41.6 Å². The second kappa shape index (κ2) is 6.11. The Kier molecular flexibility index (Phi) is 3.91. The number of allylic oxidation sites excluding steroid dienone is 1. The number of thioether (sulfide) groups is 1. The van der Waals surface area contributed by atoms with Crippen molar-refractivity contribution in [2.75, 3.05) is 19.7 Å². The van der Waals surface area contributed by atoms with Gasteiger partial charge in [-0.1, -0.05) is 17.8 Å². The number of nitrogens with zero attached hydrogens (tertiary/aromatic N) is 2. The highest BCUT2D eigenvalue weighted by atomic mass is 32.2. The monoisotopic (exact) mass is 360 g/mol. The lowest BCUT2D eigenvalue weighted by molar-refractivity contribution is -0.137. The van der Waals surface area contributed by atoms with Crippen LogP contribution in [0.25, 0.3) is 0 Å². The Bertz CT molecular complexity index is 832. The van der Waals surface area contributed by atoms with Crippen LogP contribution in [0.5, 0.6) is 11.5 Å². The minimum atomic E-state index is -0.588. The van der Waals surface area contributed by atoms with E-state index >= 15 is 0 Å². The summed E-state index contributed by atoms with van der Waals surface area (Å²) in [7, 11) is 1.32. The number of hydrogen-bond acceptors (Lipinski definition) is 7. The maximum absolute atomic E-state index is 12.6. The Morgan fingerprint density at radius 2 is 2.16 bits per heavy atom. The number of methoxy groups -OCH3 is 1. The first kappa shape index (κ1) is 16.0. The van der Waals surface area contributed by atoms with Crippen LogP contribution in [-0.2, 0) is 14.3 Å². The number of ether oxygens (including phenoxy) is 3. The van der Waals surface area contributed by atoms with Gasteiger partial charge in [-0.3, -0.25) is 9.69 Å². The van der Waals surface area contributed by atoms with E-state index in [0.717, 1.165) is 5.56 Å². The summed E-state index contributed by atoms with van der Waals surface area (Å²) in [5.74, 6) is 1.37. The zero-order valence-electron chi connectivity index (χ0n) is 13.8. The number of hydrogen-bond donors (Lipinski definition) is 0. The van der Waals surface area contributed by atoms with E-state index in [-0.39, 0.29) is 12.7 Å². The van der Waals surface area contributed by atoms with Crippen LogP contribution in [0.2, 0.25) is 0 Å². The predicted molar refractivity (Wildman–Crippen MR) is 91.4 cm³/mol. The van der Waals surface area contributed by atoms with E-state index < -0.39 is 12.0 Å². The van der Waals surface area contributed by atoms with Gasteiger partial charge in [-0.2, -0.15) is 0 Å². The molecule has 1 saturated heterocycles. The third-order valence-corrected chi connectivity index (χ3v) is 5.28. The van der Waals surface area contributed by atoms with E-state index in [2.05, 4.69) is 4.99 Å². The largest absolute Gasteiger partial charge is 0.466 e. The Hall–Kier alpha value is -2.48. The molecule has 25 heavy (non-hydrogen) atoms. The zero-order valence-corrected chi connectivity index (χ0v) is 14.6. The van der Waals surface area contributed by atoms with Gasteiger partial charge in [0, 0.05) is 12.2 Å². The van der Waals surface area contributed by atoms with Crippen LogP contribution in [0.4, 0.5) is 0 Å². The van der Waals surface area contributed by atoms with Crippen molar-refractivity contribution < 1.29 is 23.8 Å². The van der Waals surface area contributed by atoms with Crippen molar-refractivity contribution in [1.82, 2.24) is 4.90 Å². The second-order valence-electron chi connectivity index (χ2n) is 5.76. The molecule has 1 aromatic rings. The number of benzene rings is 1. The van der Waals surface area contributed by atoms with Crippen molar-refractivity contribution in [3.63, 3.8) is 0 Å². The van der Waals surface area contributed by atoms with E-state index in [9.17, 15) is 9.59 Å². The average molecular weight is 360 g/mol. The fraction of sp³-hybridized carbons (Fsp3) is 0.353. The summed E-state index contributed by atoms with van der Waals surface area (Å²) in [6, 6.07) is 4.84. The quantitative estimate of drug-likeness (QED) is 0.753. The Labute approximate surface area is 148 Å². The van der Waals surface area contributed by atoms with Gasteiger partial charge in [0.25, 0.3) is 0 Å². The number of rotatable bonds is 2. The SMILES string of the molecule is COC(=O)C1=C(C)N=C2SCCC(=O)N2[C@H]1c1ccc2c(c1)OCO2. The fourth-order valence-corrected chi connectivity index (χ4v) is 4.17. The van der Waals surface area contributed by atoms with Gasteiger partial charge in [-0.25, -0.2) is 9.79 Å². The lowest BCUT2D eigenvalue weighted by atomic mass is 9.94. The molecule has 0 saturated carbocycles. The Morgan fingerprint density at radius 1 is 1.36 bits per heavy atom. The van der Waals surface area contributed by atoms with Gasteiger partial charge in [-0.15, -0.1) is 0 Å². The molecule has 0 aliphatic carbocycles. The number of carbonyl (C=O) groups is 2. The van der Waals surface area contributed by atoms with Crippen LogP contribution in [0.1, 0.15) is 24.9 Å². The van der Waals surface area contributed by atoms with E-state index in [0.29, 0.717) is 40.1 Å². The van der Waals surface area contributed by atoms with Gasteiger partial charge in [0.1, 0.15) is 0 Å². The standard InChI is InChI=1S/C17H16N2O5S/c1-9-14(16(21)22-2)15(19-13(20)5-6-25-17(19)18-9)10-3-4-11-12(7-10)24-8-23-11/h3-4,7,15H,5-6,8H2,1-2H3/t15-/m0/s1. The first-order valence-corrected chi connectivity index (χ1v) is 8.81. The van der Waals surface area contributed by atoms with Crippen molar-refractivity contribution in [2.24, 2.45) is 4.99 Å². The van der Waals surface area contributed by atoms with Gasteiger partial charge < -0.3 is 14.2 Å². The molecule has 0 unspecified atom stereocenters. The molecule has 3 aliphatic heterocycles. The third kappa shape index (κ3) is 2.57. The van der Waals surface area contributed by atoms with Crippen LogP contribution in [0.15, 0.2) is 34.5 Å². The first-order valence-electron chi connectivity index (χ1n) is 7.82. The maximum Gasteiger partial charge on any atom is 0.338 e. The summed E-state index contributed by atoms with van der Waals surface area (Å²) in [5, 5.41) is 0.615. The summed E-state index contributed by atoms with van der Waals surface area (Å²) in [6.07, 6.45) is 0.401. The normalized spacial score (nSPS) is 21.8. The molecule has 0 spiro atoms. The molecule has 3 heterocycles. The third-order valence-electron chi connectivity index (χ3n) is 4.32. The highest BCUT2D eigenvalue weighted by Crippen LogP contribution is 2.43.